The maximum absolute atomic E-state index is 6.76. The largest absolute Gasteiger partial charge is 0.456 e. The van der Waals surface area contributed by atoms with Crippen LogP contribution >= 0.6 is 0 Å². The quantitative estimate of drug-likeness (QED) is 0.194. The maximum atomic E-state index is 6.76. The lowest BCUT2D eigenvalue weighted by Gasteiger charge is -2.13. The zero-order valence-corrected chi connectivity index (χ0v) is 26.6. The minimum absolute atomic E-state index is 0.830. The summed E-state index contributed by atoms with van der Waals surface area (Å²) in [7, 11) is 0. The number of hydrogen-bond donors (Lipinski definition) is 0. The highest BCUT2D eigenvalue weighted by Crippen LogP contribution is 2.53. The first-order valence-electron chi connectivity index (χ1n) is 17.1. The zero-order valence-electron chi connectivity index (χ0n) is 26.6. The Morgan fingerprint density at radius 3 is 1.54 bits per heavy atom. The predicted octanol–water partition coefficient (Wildman–Crippen LogP) is 11.3. The molecule has 4 heterocycles. The van der Waals surface area contributed by atoms with Crippen molar-refractivity contribution in [2.75, 3.05) is 0 Å². The van der Waals surface area contributed by atoms with Gasteiger partial charge < -0.3 is 8.98 Å². The average molecular weight is 637 g/mol. The van der Waals surface area contributed by atoms with Crippen LogP contribution < -0.4 is 0 Å². The van der Waals surface area contributed by atoms with Gasteiger partial charge in [-0.2, -0.15) is 0 Å². The van der Waals surface area contributed by atoms with Gasteiger partial charge >= 0.3 is 0 Å². The molecular formula is C45H24N4O. The Bertz CT molecular complexity index is 3380. The third-order valence-corrected chi connectivity index (χ3v) is 11.2. The summed E-state index contributed by atoms with van der Waals surface area (Å²) in [5.41, 5.74) is 14.0. The SMILES string of the molecule is c1ccc(-c2nc3ccccc3nc2-n2c3ccc4c5c6c(ccc7c6c6c8c(ccc6n7-c6ccccc6)oc6ccc2c(c68)c53)C4)cc1. The van der Waals surface area contributed by atoms with E-state index < -0.39 is 0 Å². The van der Waals surface area contributed by atoms with Gasteiger partial charge in [-0.25, -0.2) is 9.97 Å². The molecule has 50 heavy (non-hydrogen) atoms. The van der Waals surface area contributed by atoms with E-state index in [0.29, 0.717) is 0 Å². The summed E-state index contributed by atoms with van der Waals surface area (Å²) >= 11 is 0. The lowest BCUT2D eigenvalue weighted by Crippen LogP contribution is -2.03. The highest BCUT2D eigenvalue weighted by molar-refractivity contribution is 6.43. The van der Waals surface area contributed by atoms with E-state index in [-0.39, 0.29) is 0 Å². The van der Waals surface area contributed by atoms with Crippen molar-refractivity contribution < 1.29 is 4.42 Å². The molecule has 13 rings (SSSR count). The number of aromatic nitrogens is 4. The predicted molar refractivity (Wildman–Crippen MR) is 204 cm³/mol. The molecule has 4 aromatic heterocycles. The Labute approximate surface area is 283 Å². The lowest BCUT2D eigenvalue weighted by molar-refractivity contribution is 0.669. The molecule has 0 aliphatic heterocycles. The van der Waals surface area contributed by atoms with Crippen LogP contribution in [0.25, 0.3) is 110 Å². The van der Waals surface area contributed by atoms with Gasteiger partial charge in [0.2, 0.25) is 0 Å². The molecule has 0 atom stereocenters. The van der Waals surface area contributed by atoms with E-state index in [1.165, 1.54) is 65.3 Å². The van der Waals surface area contributed by atoms with Crippen LogP contribution in [0.4, 0.5) is 0 Å². The van der Waals surface area contributed by atoms with E-state index >= 15 is 0 Å². The second-order valence-electron chi connectivity index (χ2n) is 13.7. The third-order valence-electron chi connectivity index (χ3n) is 11.2. The van der Waals surface area contributed by atoms with E-state index in [1.54, 1.807) is 0 Å². The molecular weight excluding hydrogens is 613 g/mol. The normalized spacial score (nSPS) is 13.1. The van der Waals surface area contributed by atoms with Crippen molar-refractivity contribution >= 4 is 87.4 Å². The molecule has 0 fully saturated rings. The van der Waals surface area contributed by atoms with Crippen LogP contribution in [0, 0.1) is 0 Å². The van der Waals surface area contributed by atoms with Crippen molar-refractivity contribution in [2.45, 2.75) is 6.42 Å². The summed E-state index contributed by atoms with van der Waals surface area (Å²) in [5.74, 6) is 0.830. The fraction of sp³-hybridized carbons (Fsp3) is 0.0222. The van der Waals surface area contributed by atoms with Gasteiger partial charge in [0.05, 0.1) is 33.1 Å². The van der Waals surface area contributed by atoms with Gasteiger partial charge in [0.15, 0.2) is 5.82 Å². The minimum Gasteiger partial charge on any atom is -0.456 e. The third kappa shape index (κ3) is 2.89. The highest BCUT2D eigenvalue weighted by atomic mass is 16.3. The molecule has 0 amide bonds. The number of benzene rings is 7. The molecule has 0 saturated heterocycles. The second-order valence-corrected chi connectivity index (χ2v) is 13.7. The molecule has 0 N–H and O–H groups in total. The Balaban J connectivity index is 1.31. The molecule has 1 aliphatic carbocycles. The molecule has 5 heteroatoms. The molecule has 0 unspecified atom stereocenters. The molecule has 0 saturated carbocycles. The number of fused-ring (bicyclic) bond motifs is 1. The van der Waals surface area contributed by atoms with Gasteiger partial charge in [-0.15, -0.1) is 0 Å². The molecule has 8 aromatic carbocycles. The number of rotatable bonds is 3. The zero-order chi connectivity index (χ0) is 32.2. The van der Waals surface area contributed by atoms with Crippen LogP contribution in [-0.4, -0.2) is 19.1 Å². The Kier molecular flexibility index (Phi) is 4.38. The fourth-order valence-corrected chi connectivity index (χ4v) is 9.31. The van der Waals surface area contributed by atoms with Crippen molar-refractivity contribution in [3.05, 3.63) is 145 Å². The van der Waals surface area contributed by atoms with Crippen molar-refractivity contribution in [2.24, 2.45) is 0 Å². The van der Waals surface area contributed by atoms with Gasteiger partial charge in [-0.3, -0.25) is 4.57 Å². The summed E-state index contributed by atoms with van der Waals surface area (Å²) in [6.07, 6.45) is 0.910. The number of furan rings is 1. The molecule has 0 spiro atoms. The minimum atomic E-state index is 0.830. The van der Waals surface area contributed by atoms with Crippen LogP contribution in [0.1, 0.15) is 11.1 Å². The molecule has 0 bridgehead atoms. The van der Waals surface area contributed by atoms with Gasteiger partial charge in [0.1, 0.15) is 16.9 Å². The second kappa shape index (κ2) is 8.65. The van der Waals surface area contributed by atoms with E-state index in [9.17, 15) is 0 Å². The molecule has 12 aromatic rings. The fourth-order valence-electron chi connectivity index (χ4n) is 9.31. The van der Waals surface area contributed by atoms with Crippen LogP contribution in [0.2, 0.25) is 0 Å². The smallest absolute Gasteiger partial charge is 0.165 e. The molecule has 230 valence electrons. The average Bonchev–Trinajstić information content (AvgIpc) is 3.90. The summed E-state index contributed by atoms with van der Waals surface area (Å²) in [6.45, 7) is 0. The Morgan fingerprint density at radius 2 is 0.920 bits per heavy atom. The first-order chi connectivity index (χ1) is 24.8. The maximum Gasteiger partial charge on any atom is 0.165 e. The summed E-state index contributed by atoms with van der Waals surface area (Å²) in [5, 5.41) is 10.1. The number of hydrogen-bond acceptors (Lipinski definition) is 3. The lowest BCUT2D eigenvalue weighted by atomic mass is 9.95. The van der Waals surface area contributed by atoms with Crippen molar-refractivity contribution in [3.8, 4) is 22.8 Å². The number of para-hydroxylation sites is 3. The van der Waals surface area contributed by atoms with Crippen molar-refractivity contribution in [3.63, 3.8) is 0 Å². The van der Waals surface area contributed by atoms with Gasteiger partial charge in [-0.05, 0) is 89.0 Å². The van der Waals surface area contributed by atoms with Crippen LogP contribution in [-0.2, 0) is 6.42 Å². The van der Waals surface area contributed by atoms with E-state index in [4.69, 9.17) is 14.4 Å². The monoisotopic (exact) mass is 636 g/mol. The van der Waals surface area contributed by atoms with Gasteiger partial charge in [0.25, 0.3) is 0 Å². The first-order valence-corrected chi connectivity index (χ1v) is 17.1. The Morgan fingerprint density at radius 1 is 0.420 bits per heavy atom. The number of nitrogens with zero attached hydrogens (tertiary/aromatic N) is 4. The van der Waals surface area contributed by atoms with Crippen LogP contribution in [0.15, 0.2) is 138 Å². The van der Waals surface area contributed by atoms with Gasteiger partial charge in [-0.1, -0.05) is 72.8 Å². The molecule has 5 nitrogen and oxygen atoms in total. The summed E-state index contributed by atoms with van der Waals surface area (Å²) in [4.78, 5) is 10.7. The van der Waals surface area contributed by atoms with Crippen LogP contribution in [0.3, 0.4) is 0 Å². The highest BCUT2D eigenvalue weighted by Gasteiger charge is 2.31. The van der Waals surface area contributed by atoms with Crippen molar-refractivity contribution in [1.29, 1.82) is 0 Å². The topological polar surface area (TPSA) is 48.8 Å². The molecule has 1 aliphatic rings. The van der Waals surface area contributed by atoms with E-state index in [0.717, 1.165) is 62.4 Å². The first kappa shape index (κ1) is 25.3. The van der Waals surface area contributed by atoms with E-state index in [1.807, 2.05) is 18.2 Å². The standard InChI is InChI=1S/C45H24N4O/c1-3-9-24(10-4-1)44-45(47-29-14-8-7-13-28(29)46-44)49-32-18-16-26-23-25-15-17-30-38-36(25)37(26)39(32)41-33(49)20-22-35-43(41)42-34(50-35)21-19-31(40(38)42)48(30)27-11-5-2-6-12-27/h1-22H,23H2. The van der Waals surface area contributed by atoms with Crippen LogP contribution in [0.5, 0.6) is 0 Å². The molecule has 0 radical (unpaired) electrons. The summed E-state index contributed by atoms with van der Waals surface area (Å²) < 4.78 is 11.6. The van der Waals surface area contributed by atoms with Crippen molar-refractivity contribution in [1.82, 2.24) is 19.1 Å². The Hall–Kier alpha value is -6.72. The summed E-state index contributed by atoms with van der Waals surface area (Å²) in [6, 6.07) is 47.5. The van der Waals surface area contributed by atoms with Gasteiger partial charge in [0, 0.05) is 43.6 Å². The van der Waals surface area contributed by atoms with E-state index in [2.05, 4.69) is 124 Å².